The van der Waals surface area contributed by atoms with E-state index in [1.165, 1.54) is 4.57 Å². The summed E-state index contributed by atoms with van der Waals surface area (Å²) in [5.41, 5.74) is 1.64. The zero-order chi connectivity index (χ0) is 15.0. The van der Waals surface area contributed by atoms with Gasteiger partial charge in [0.2, 0.25) is 0 Å². The molecule has 1 aliphatic heterocycles. The molecule has 1 aliphatic rings. The molecular formula is C15H17N3O3. The van der Waals surface area contributed by atoms with Crippen molar-refractivity contribution in [3.05, 3.63) is 52.7 Å². The van der Waals surface area contributed by atoms with Crippen LogP contribution in [0, 0.1) is 5.92 Å². The van der Waals surface area contributed by atoms with E-state index >= 15 is 0 Å². The summed E-state index contributed by atoms with van der Waals surface area (Å²) in [6.45, 7) is 0.456. The predicted molar refractivity (Wildman–Crippen MR) is 77.5 cm³/mol. The second kappa shape index (κ2) is 5.21. The van der Waals surface area contributed by atoms with Crippen molar-refractivity contribution in [3.63, 3.8) is 0 Å². The average Bonchev–Trinajstić information content (AvgIpc) is 3.08. The van der Waals surface area contributed by atoms with Gasteiger partial charge in [-0.15, -0.1) is 0 Å². The van der Waals surface area contributed by atoms with E-state index in [-0.39, 0.29) is 17.6 Å². The summed E-state index contributed by atoms with van der Waals surface area (Å²) in [5.74, 6) is -1.16. The Bertz CT molecular complexity index is 732. The number of carboxylic acid groups (broad SMARTS) is 1. The van der Waals surface area contributed by atoms with Crippen LogP contribution in [0.4, 0.5) is 0 Å². The van der Waals surface area contributed by atoms with Gasteiger partial charge in [-0.05, 0) is 18.1 Å². The van der Waals surface area contributed by atoms with Crippen LogP contribution in [-0.4, -0.2) is 26.8 Å². The number of aliphatic carboxylic acids is 1. The molecule has 1 aromatic carbocycles. The van der Waals surface area contributed by atoms with E-state index in [0.717, 1.165) is 11.3 Å². The molecule has 6 heteroatoms. The molecule has 0 aliphatic carbocycles. The number of nitrogens with zero attached hydrogens (tertiary/aromatic N) is 2. The third kappa shape index (κ3) is 2.38. The zero-order valence-corrected chi connectivity index (χ0v) is 11.7. The minimum atomic E-state index is -0.778. The molecular weight excluding hydrogens is 270 g/mol. The third-order valence-electron chi connectivity index (χ3n) is 4.00. The van der Waals surface area contributed by atoms with Crippen molar-refractivity contribution in [2.45, 2.75) is 12.5 Å². The van der Waals surface area contributed by atoms with E-state index in [9.17, 15) is 9.59 Å². The number of carbonyl (C=O) groups is 1. The lowest BCUT2D eigenvalue weighted by Crippen LogP contribution is -2.23. The first-order chi connectivity index (χ1) is 10.1. The standard InChI is InChI=1S/C15H17N3O3/c1-17-6-7-18(15(17)21)13-5-3-2-4-11(13)12-8-10(9-16-12)14(19)20/h2-7,10,12,16H,8-9H2,1H3,(H,19,20). The van der Waals surface area contributed by atoms with Gasteiger partial charge in [0.15, 0.2) is 0 Å². The molecule has 0 bridgehead atoms. The van der Waals surface area contributed by atoms with Crippen LogP contribution in [0.2, 0.25) is 0 Å². The van der Waals surface area contributed by atoms with Gasteiger partial charge < -0.3 is 15.0 Å². The van der Waals surface area contributed by atoms with Gasteiger partial charge in [-0.2, -0.15) is 0 Å². The van der Waals surface area contributed by atoms with Crippen molar-refractivity contribution in [2.75, 3.05) is 6.54 Å². The molecule has 0 spiro atoms. The number of hydrogen-bond donors (Lipinski definition) is 2. The quantitative estimate of drug-likeness (QED) is 0.880. The minimum absolute atomic E-state index is 0.0468. The fourth-order valence-electron chi connectivity index (χ4n) is 2.81. The number of aryl methyl sites for hydroxylation is 1. The summed E-state index contributed by atoms with van der Waals surface area (Å²) in [5, 5.41) is 12.4. The van der Waals surface area contributed by atoms with Crippen molar-refractivity contribution >= 4 is 5.97 Å². The van der Waals surface area contributed by atoms with Crippen LogP contribution in [0.15, 0.2) is 41.5 Å². The van der Waals surface area contributed by atoms with Gasteiger partial charge in [0.05, 0.1) is 11.6 Å². The largest absolute Gasteiger partial charge is 0.481 e. The van der Waals surface area contributed by atoms with Gasteiger partial charge in [0.25, 0.3) is 0 Å². The second-order valence-corrected chi connectivity index (χ2v) is 5.35. The van der Waals surface area contributed by atoms with E-state index in [0.29, 0.717) is 13.0 Å². The maximum Gasteiger partial charge on any atom is 0.332 e. The maximum atomic E-state index is 12.1. The van der Waals surface area contributed by atoms with Crippen LogP contribution in [0.5, 0.6) is 0 Å². The molecule has 21 heavy (non-hydrogen) atoms. The Morgan fingerprint density at radius 2 is 2.10 bits per heavy atom. The summed E-state index contributed by atoms with van der Waals surface area (Å²) in [6, 6.07) is 7.56. The van der Waals surface area contributed by atoms with Crippen molar-refractivity contribution in [1.29, 1.82) is 0 Å². The molecule has 2 atom stereocenters. The predicted octanol–water partition coefficient (Wildman–Crippen LogP) is 0.911. The van der Waals surface area contributed by atoms with Gasteiger partial charge in [-0.1, -0.05) is 18.2 Å². The zero-order valence-electron chi connectivity index (χ0n) is 11.7. The minimum Gasteiger partial charge on any atom is -0.481 e. The first-order valence-corrected chi connectivity index (χ1v) is 6.87. The van der Waals surface area contributed by atoms with E-state index in [1.807, 2.05) is 24.3 Å². The first kappa shape index (κ1) is 13.6. The smallest absolute Gasteiger partial charge is 0.332 e. The Labute approximate surface area is 121 Å². The van der Waals surface area contributed by atoms with Gasteiger partial charge in [-0.3, -0.25) is 9.36 Å². The highest BCUT2D eigenvalue weighted by molar-refractivity contribution is 5.71. The number of carboxylic acids is 1. The number of rotatable bonds is 3. The summed E-state index contributed by atoms with van der Waals surface area (Å²) in [6.07, 6.45) is 3.97. The highest BCUT2D eigenvalue weighted by Gasteiger charge is 2.31. The molecule has 3 rings (SSSR count). The third-order valence-corrected chi connectivity index (χ3v) is 4.00. The van der Waals surface area contributed by atoms with E-state index < -0.39 is 5.97 Å². The molecule has 1 saturated heterocycles. The average molecular weight is 287 g/mol. The lowest BCUT2D eigenvalue weighted by atomic mass is 9.98. The number of para-hydroxylation sites is 1. The number of hydrogen-bond acceptors (Lipinski definition) is 3. The Hall–Kier alpha value is -2.34. The fraction of sp³-hybridized carbons (Fsp3) is 0.333. The van der Waals surface area contributed by atoms with E-state index in [4.69, 9.17) is 5.11 Å². The molecule has 1 fully saturated rings. The molecule has 2 N–H and O–H groups in total. The molecule has 2 heterocycles. The molecule has 110 valence electrons. The summed E-state index contributed by atoms with van der Waals surface area (Å²) >= 11 is 0. The summed E-state index contributed by atoms with van der Waals surface area (Å²) in [4.78, 5) is 23.2. The van der Waals surface area contributed by atoms with Crippen LogP contribution in [-0.2, 0) is 11.8 Å². The number of nitrogens with one attached hydrogen (secondary N) is 1. The van der Waals surface area contributed by atoms with Crippen LogP contribution in [0.1, 0.15) is 18.0 Å². The fourth-order valence-corrected chi connectivity index (χ4v) is 2.81. The molecule has 2 unspecified atom stereocenters. The van der Waals surface area contributed by atoms with Crippen molar-refractivity contribution in [1.82, 2.24) is 14.5 Å². The maximum absolute atomic E-state index is 12.1. The first-order valence-electron chi connectivity index (χ1n) is 6.87. The normalized spacial score (nSPS) is 21.6. The Morgan fingerprint density at radius 1 is 1.33 bits per heavy atom. The Balaban J connectivity index is 2.00. The second-order valence-electron chi connectivity index (χ2n) is 5.35. The molecule has 0 radical (unpaired) electrons. The summed E-state index contributed by atoms with van der Waals surface area (Å²) < 4.78 is 3.10. The Morgan fingerprint density at radius 3 is 2.71 bits per heavy atom. The number of aromatic nitrogens is 2. The van der Waals surface area contributed by atoms with Crippen molar-refractivity contribution < 1.29 is 9.90 Å². The van der Waals surface area contributed by atoms with E-state index in [1.54, 1.807) is 24.0 Å². The van der Waals surface area contributed by atoms with Gasteiger partial charge >= 0.3 is 11.7 Å². The van der Waals surface area contributed by atoms with Crippen LogP contribution in [0.3, 0.4) is 0 Å². The van der Waals surface area contributed by atoms with Gasteiger partial charge in [0, 0.05) is 32.0 Å². The SMILES string of the molecule is Cn1ccn(-c2ccccc2C2CC(C(=O)O)CN2)c1=O. The molecule has 1 aromatic heterocycles. The lowest BCUT2D eigenvalue weighted by molar-refractivity contribution is -0.141. The van der Waals surface area contributed by atoms with Crippen LogP contribution >= 0.6 is 0 Å². The van der Waals surface area contributed by atoms with Crippen molar-refractivity contribution in [2.24, 2.45) is 13.0 Å². The van der Waals surface area contributed by atoms with E-state index in [2.05, 4.69) is 5.32 Å². The van der Waals surface area contributed by atoms with Crippen LogP contribution in [0.25, 0.3) is 5.69 Å². The molecule has 0 amide bonds. The Kier molecular flexibility index (Phi) is 3.39. The monoisotopic (exact) mass is 287 g/mol. The summed E-state index contributed by atoms with van der Waals surface area (Å²) in [7, 11) is 1.70. The van der Waals surface area contributed by atoms with Gasteiger partial charge in [0.1, 0.15) is 0 Å². The number of benzene rings is 1. The topological polar surface area (TPSA) is 76.3 Å². The lowest BCUT2D eigenvalue weighted by Gasteiger charge is -2.16. The highest BCUT2D eigenvalue weighted by atomic mass is 16.4. The molecule has 6 nitrogen and oxygen atoms in total. The molecule has 0 saturated carbocycles. The van der Waals surface area contributed by atoms with Gasteiger partial charge in [-0.25, -0.2) is 4.79 Å². The number of imidazole rings is 1. The van der Waals surface area contributed by atoms with Crippen molar-refractivity contribution in [3.8, 4) is 5.69 Å². The highest BCUT2D eigenvalue weighted by Crippen LogP contribution is 2.30. The van der Waals surface area contributed by atoms with Crippen LogP contribution < -0.4 is 11.0 Å². The molecule has 2 aromatic rings.